The highest BCUT2D eigenvalue weighted by atomic mass is 16.7. The SMILES string of the molecule is C[C@H]1CC(C)(C)C[C@]2(C1)NC(=O)N(CC(=O)N1CCC(C(=O)Nc3ccc4c(c3)OCO4)CC1)C2=O. The summed E-state index contributed by atoms with van der Waals surface area (Å²) in [6.07, 6.45) is 3.18. The second-order valence-corrected chi connectivity index (χ2v) is 11.5. The molecule has 1 aliphatic carbocycles. The molecule has 5 amide bonds. The maximum atomic E-state index is 13.3. The summed E-state index contributed by atoms with van der Waals surface area (Å²) in [6, 6.07) is 4.77. The fourth-order valence-electron chi connectivity index (χ4n) is 6.49. The molecule has 1 saturated carbocycles. The molecule has 2 saturated heterocycles. The van der Waals surface area contributed by atoms with Gasteiger partial charge in [0.15, 0.2) is 11.5 Å². The maximum Gasteiger partial charge on any atom is 0.325 e. The number of hydrogen-bond donors (Lipinski definition) is 2. The molecule has 0 aromatic heterocycles. The summed E-state index contributed by atoms with van der Waals surface area (Å²) in [7, 11) is 0. The lowest BCUT2D eigenvalue weighted by atomic mass is 9.64. The lowest BCUT2D eigenvalue weighted by Crippen LogP contribution is -2.54. The first-order valence-corrected chi connectivity index (χ1v) is 12.7. The first kappa shape index (κ1) is 24.4. The van der Waals surface area contributed by atoms with Crippen molar-refractivity contribution in [3.8, 4) is 11.5 Å². The smallest absolute Gasteiger partial charge is 0.325 e. The largest absolute Gasteiger partial charge is 0.454 e. The molecule has 10 heteroatoms. The van der Waals surface area contributed by atoms with Gasteiger partial charge in [-0.25, -0.2) is 4.79 Å². The first-order chi connectivity index (χ1) is 17.1. The number of anilines is 1. The molecule has 5 rings (SSSR count). The van der Waals surface area contributed by atoms with Crippen LogP contribution in [0.25, 0.3) is 0 Å². The number of fused-ring (bicyclic) bond motifs is 1. The summed E-state index contributed by atoms with van der Waals surface area (Å²) in [5.74, 6) is 0.652. The highest BCUT2D eigenvalue weighted by Crippen LogP contribution is 2.46. The van der Waals surface area contributed by atoms with Crippen molar-refractivity contribution in [2.75, 3.05) is 31.7 Å². The van der Waals surface area contributed by atoms with Crippen LogP contribution in [0.4, 0.5) is 10.5 Å². The Morgan fingerprint density at radius 3 is 2.56 bits per heavy atom. The standard InChI is InChI=1S/C26H34N4O6/c1-16-11-25(2,3)14-26(12-16)23(33)30(24(34)28-26)13-21(31)29-8-6-17(7-9-29)22(32)27-18-4-5-19-20(10-18)36-15-35-19/h4-5,10,16-17H,6-9,11-15H2,1-3H3,(H,27,32)(H,28,34)/t16-,26-/m0/s1. The number of rotatable bonds is 4. The number of imide groups is 1. The molecular formula is C26H34N4O6. The Kier molecular flexibility index (Phi) is 6.08. The van der Waals surface area contributed by atoms with Gasteiger partial charge in [-0.3, -0.25) is 19.3 Å². The summed E-state index contributed by atoms with van der Waals surface area (Å²) in [5.41, 5.74) is -0.349. The van der Waals surface area contributed by atoms with Gasteiger partial charge in [0.25, 0.3) is 5.91 Å². The number of likely N-dealkylation sites (tertiary alicyclic amines) is 1. The predicted octanol–water partition coefficient (Wildman–Crippen LogP) is 2.73. The number of nitrogens with zero attached hydrogens (tertiary/aromatic N) is 2. The van der Waals surface area contributed by atoms with E-state index in [4.69, 9.17) is 9.47 Å². The van der Waals surface area contributed by atoms with E-state index in [-0.39, 0.29) is 42.4 Å². The van der Waals surface area contributed by atoms with Gasteiger partial charge >= 0.3 is 6.03 Å². The molecule has 3 fully saturated rings. The van der Waals surface area contributed by atoms with Gasteiger partial charge < -0.3 is 25.0 Å². The van der Waals surface area contributed by atoms with E-state index in [1.807, 2.05) is 0 Å². The minimum Gasteiger partial charge on any atom is -0.454 e. The van der Waals surface area contributed by atoms with Gasteiger partial charge in [-0.05, 0) is 55.6 Å². The molecule has 3 heterocycles. The van der Waals surface area contributed by atoms with E-state index in [0.717, 1.165) is 11.3 Å². The average Bonchev–Trinajstić information content (AvgIpc) is 3.35. The van der Waals surface area contributed by atoms with Crippen molar-refractivity contribution in [1.29, 1.82) is 0 Å². The Morgan fingerprint density at radius 1 is 1.11 bits per heavy atom. The van der Waals surface area contributed by atoms with Crippen molar-refractivity contribution in [1.82, 2.24) is 15.1 Å². The molecule has 0 radical (unpaired) electrons. The second kappa shape index (κ2) is 8.97. The highest BCUT2D eigenvalue weighted by molar-refractivity contribution is 6.09. The zero-order valence-corrected chi connectivity index (χ0v) is 21.1. The van der Waals surface area contributed by atoms with Crippen LogP contribution < -0.4 is 20.1 Å². The fourth-order valence-corrected chi connectivity index (χ4v) is 6.49. The number of ether oxygens (including phenoxy) is 2. The number of nitrogens with one attached hydrogen (secondary N) is 2. The van der Waals surface area contributed by atoms with Crippen LogP contribution >= 0.6 is 0 Å². The Balaban J connectivity index is 1.14. The quantitative estimate of drug-likeness (QED) is 0.617. The molecule has 2 N–H and O–H groups in total. The molecule has 3 aliphatic heterocycles. The van der Waals surface area contributed by atoms with E-state index in [9.17, 15) is 19.2 Å². The summed E-state index contributed by atoms with van der Waals surface area (Å²) in [5, 5.41) is 5.84. The van der Waals surface area contributed by atoms with Crippen molar-refractivity contribution in [2.45, 2.75) is 58.4 Å². The number of carbonyl (C=O) groups is 4. The van der Waals surface area contributed by atoms with Crippen LogP contribution in [0, 0.1) is 17.3 Å². The summed E-state index contributed by atoms with van der Waals surface area (Å²) >= 11 is 0. The van der Waals surface area contributed by atoms with Gasteiger partial charge in [-0.15, -0.1) is 0 Å². The van der Waals surface area contributed by atoms with Crippen LogP contribution in [-0.4, -0.2) is 65.5 Å². The molecule has 1 aromatic rings. The molecule has 0 unspecified atom stereocenters. The molecule has 36 heavy (non-hydrogen) atoms. The zero-order chi connectivity index (χ0) is 25.7. The number of piperidine rings is 1. The fraction of sp³-hybridized carbons (Fsp3) is 0.615. The average molecular weight is 499 g/mol. The lowest BCUT2D eigenvalue weighted by Gasteiger charge is -2.43. The van der Waals surface area contributed by atoms with E-state index in [1.165, 1.54) is 0 Å². The van der Waals surface area contributed by atoms with E-state index < -0.39 is 11.6 Å². The predicted molar refractivity (Wildman–Crippen MR) is 130 cm³/mol. The summed E-state index contributed by atoms with van der Waals surface area (Å²) in [4.78, 5) is 54.6. The van der Waals surface area contributed by atoms with E-state index in [2.05, 4.69) is 31.4 Å². The molecule has 10 nitrogen and oxygen atoms in total. The Labute approximate surface area is 210 Å². The second-order valence-electron chi connectivity index (χ2n) is 11.5. The number of urea groups is 1. The number of benzene rings is 1. The monoisotopic (exact) mass is 498 g/mol. The van der Waals surface area contributed by atoms with Crippen LogP contribution in [0.1, 0.15) is 52.9 Å². The number of carbonyl (C=O) groups excluding carboxylic acids is 4. The number of amides is 5. The molecule has 2 atom stereocenters. The third kappa shape index (κ3) is 4.60. The maximum absolute atomic E-state index is 13.3. The van der Waals surface area contributed by atoms with E-state index in [0.29, 0.717) is 61.9 Å². The Morgan fingerprint density at radius 2 is 1.83 bits per heavy atom. The molecular weight excluding hydrogens is 464 g/mol. The number of hydrogen-bond acceptors (Lipinski definition) is 6. The normalized spacial score (nSPS) is 27.4. The summed E-state index contributed by atoms with van der Waals surface area (Å²) < 4.78 is 10.6. The summed E-state index contributed by atoms with van der Waals surface area (Å²) in [6.45, 7) is 7.03. The van der Waals surface area contributed by atoms with Gasteiger partial charge in [-0.1, -0.05) is 20.8 Å². The van der Waals surface area contributed by atoms with Crippen LogP contribution in [-0.2, 0) is 14.4 Å². The zero-order valence-electron chi connectivity index (χ0n) is 21.1. The van der Waals surface area contributed by atoms with Gasteiger partial charge in [0.2, 0.25) is 18.6 Å². The van der Waals surface area contributed by atoms with Crippen molar-refractivity contribution in [2.24, 2.45) is 17.3 Å². The van der Waals surface area contributed by atoms with Gasteiger partial charge in [0, 0.05) is 30.8 Å². The van der Waals surface area contributed by atoms with Crippen molar-refractivity contribution in [3.05, 3.63) is 18.2 Å². The van der Waals surface area contributed by atoms with E-state index >= 15 is 0 Å². The van der Waals surface area contributed by atoms with Gasteiger partial charge in [0.05, 0.1) is 0 Å². The van der Waals surface area contributed by atoms with Crippen LogP contribution in [0.15, 0.2) is 18.2 Å². The molecule has 4 aliphatic rings. The molecule has 1 spiro atoms. The van der Waals surface area contributed by atoms with E-state index in [1.54, 1.807) is 23.1 Å². The topological polar surface area (TPSA) is 117 Å². The van der Waals surface area contributed by atoms with Gasteiger partial charge in [-0.2, -0.15) is 0 Å². The van der Waals surface area contributed by atoms with Crippen molar-refractivity contribution in [3.63, 3.8) is 0 Å². The molecule has 194 valence electrons. The Hall–Kier alpha value is -3.30. The third-order valence-electron chi connectivity index (χ3n) is 7.78. The third-order valence-corrected chi connectivity index (χ3v) is 7.78. The minimum atomic E-state index is -0.918. The van der Waals surface area contributed by atoms with Crippen LogP contribution in [0.2, 0.25) is 0 Å². The van der Waals surface area contributed by atoms with Crippen molar-refractivity contribution >= 4 is 29.4 Å². The first-order valence-electron chi connectivity index (χ1n) is 12.7. The molecule has 1 aromatic carbocycles. The van der Waals surface area contributed by atoms with Crippen LogP contribution in [0.5, 0.6) is 11.5 Å². The minimum absolute atomic E-state index is 0.0658. The van der Waals surface area contributed by atoms with Crippen LogP contribution in [0.3, 0.4) is 0 Å². The van der Waals surface area contributed by atoms with Gasteiger partial charge in [0.1, 0.15) is 12.1 Å². The Bertz CT molecular complexity index is 1100. The highest BCUT2D eigenvalue weighted by Gasteiger charge is 2.56. The lowest BCUT2D eigenvalue weighted by molar-refractivity contribution is -0.141. The van der Waals surface area contributed by atoms with Crippen molar-refractivity contribution < 1.29 is 28.7 Å². The molecule has 0 bridgehead atoms.